The fourth-order valence-corrected chi connectivity index (χ4v) is 3.91. The summed E-state index contributed by atoms with van der Waals surface area (Å²) in [7, 11) is 1.91. The first kappa shape index (κ1) is 17.2. The van der Waals surface area contributed by atoms with Gasteiger partial charge in [-0.1, -0.05) is 6.07 Å². The van der Waals surface area contributed by atoms with Crippen LogP contribution >= 0.6 is 0 Å². The maximum Gasteiger partial charge on any atom is 0.270 e. The summed E-state index contributed by atoms with van der Waals surface area (Å²) in [6, 6.07) is 9.63. The zero-order chi connectivity index (χ0) is 18.0. The average molecular weight is 355 g/mol. The predicted molar refractivity (Wildman–Crippen MR) is 96.7 cm³/mol. The fraction of sp³-hybridized carbons (Fsp3) is 0.500. The molecule has 6 heteroatoms. The van der Waals surface area contributed by atoms with Crippen molar-refractivity contribution >= 4 is 5.91 Å². The first-order chi connectivity index (χ1) is 12.7. The Morgan fingerprint density at radius 1 is 1.31 bits per heavy atom. The third kappa shape index (κ3) is 3.52. The third-order valence-corrected chi connectivity index (χ3v) is 5.49. The summed E-state index contributed by atoms with van der Waals surface area (Å²) in [6.45, 7) is 2.61. The van der Waals surface area contributed by atoms with Crippen molar-refractivity contribution in [2.45, 2.75) is 37.6 Å². The number of amides is 1. The van der Waals surface area contributed by atoms with Crippen molar-refractivity contribution in [2.75, 3.05) is 19.7 Å². The molecule has 0 N–H and O–H groups in total. The predicted octanol–water partition coefficient (Wildman–Crippen LogP) is 2.40. The number of piperidine rings is 1. The maximum atomic E-state index is 12.6. The van der Waals surface area contributed by atoms with E-state index in [0.29, 0.717) is 13.2 Å². The number of likely N-dealkylation sites (tertiary alicyclic amines) is 1. The fourth-order valence-electron chi connectivity index (χ4n) is 3.91. The third-order valence-electron chi connectivity index (χ3n) is 5.49. The van der Waals surface area contributed by atoms with Crippen LogP contribution in [0.2, 0.25) is 0 Å². The Balaban J connectivity index is 1.29. The van der Waals surface area contributed by atoms with Crippen LogP contribution in [0.25, 0.3) is 0 Å². The Hall–Kier alpha value is -2.18. The quantitative estimate of drug-likeness (QED) is 0.845. The number of aryl methyl sites for hydroxylation is 1. The summed E-state index contributed by atoms with van der Waals surface area (Å²) in [6.07, 6.45) is 6.42. The molecule has 2 saturated heterocycles. The van der Waals surface area contributed by atoms with E-state index in [1.807, 2.05) is 53.0 Å². The number of carbonyl (C=O) groups is 1. The Bertz CT molecular complexity index is 751. The summed E-state index contributed by atoms with van der Waals surface area (Å²) >= 11 is 0. The van der Waals surface area contributed by atoms with E-state index in [0.717, 1.165) is 43.7 Å². The largest absolute Gasteiger partial charge is 0.372 e. The van der Waals surface area contributed by atoms with Gasteiger partial charge in [-0.2, -0.15) is 0 Å². The van der Waals surface area contributed by atoms with Crippen molar-refractivity contribution in [1.29, 1.82) is 0 Å². The van der Waals surface area contributed by atoms with Crippen molar-refractivity contribution in [3.8, 4) is 0 Å². The van der Waals surface area contributed by atoms with Crippen LogP contribution in [0.3, 0.4) is 0 Å². The molecule has 0 saturated carbocycles. The number of nitrogens with zero attached hydrogens (tertiary/aromatic N) is 3. The molecule has 0 bridgehead atoms. The SMILES string of the molecule is Cn1cccc1C(=O)N1CCC2(CC1)C[C@@H](OCc1ccccn1)CO2. The minimum absolute atomic E-state index is 0.104. The van der Waals surface area contributed by atoms with E-state index in [4.69, 9.17) is 9.47 Å². The zero-order valence-corrected chi connectivity index (χ0v) is 15.1. The first-order valence-electron chi connectivity index (χ1n) is 9.21. The standard InChI is InChI=1S/C20H25N3O3/c1-22-10-4-6-18(22)19(24)23-11-7-20(8-12-23)13-17(15-26-20)25-14-16-5-2-3-9-21-16/h2-6,9-10,17H,7-8,11-15H2,1H3/t17-/m1/s1. The highest BCUT2D eigenvalue weighted by molar-refractivity contribution is 5.92. The molecule has 4 rings (SSSR count). The smallest absolute Gasteiger partial charge is 0.270 e. The van der Waals surface area contributed by atoms with Gasteiger partial charge in [0.2, 0.25) is 0 Å². The number of hydrogen-bond donors (Lipinski definition) is 0. The van der Waals surface area contributed by atoms with Gasteiger partial charge in [0.1, 0.15) is 5.69 Å². The Kier molecular flexibility index (Phi) is 4.78. The molecule has 6 nitrogen and oxygen atoms in total. The summed E-state index contributed by atoms with van der Waals surface area (Å²) in [5.41, 5.74) is 1.54. The maximum absolute atomic E-state index is 12.6. The first-order valence-corrected chi connectivity index (χ1v) is 9.21. The molecule has 0 aromatic carbocycles. The van der Waals surface area contributed by atoms with Gasteiger partial charge in [-0.15, -0.1) is 0 Å². The molecular formula is C20H25N3O3. The lowest BCUT2D eigenvalue weighted by atomic mass is 9.88. The molecule has 0 radical (unpaired) electrons. The van der Waals surface area contributed by atoms with E-state index in [2.05, 4.69) is 4.98 Å². The second kappa shape index (κ2) is 7.21. The van der Waals surface area contributed by atoms with Crippen molar-refractivity contribution in [3.05, 3.63) is 54.1 Å². The highest BCUT2D eigenvalue weighted by atomic mass is 16.6. The Labute approximate surface area is 153 Å². The molecule has 2 aromatic rings. The second-order valence-corrected chi connectivity index (χ2v) is 7.25. The molecule has 1 amide bonds. The van der Waals surface area contributed by atoms with Crippen molar-refractivity contribution in [2.24, 2.45) is 7.05 Å². The van der Waals surface area contributed by atoms with Crippen molar-refractivity contribution < 1.29 is 14.3 Å². The average Bonchev–Trinajstić information content (AvgIpc) is 3.27. The number of aromatic nitrogens is 2. The molecule has 2 aliphatic rings. The lowest BCUT2D eigenvalue weighted by molar-refractivity contribution is -0.0414. The van der Waals surface area contributed by atoms with Gasteiger partial charge >= 0.3 is 0 Å². The molecule has 0 aliphatic carbocycles. The summed E-state index contributed by atoms with van der Waals surface area (Å²) < 4.78 is 14.0. The number of carbonyl (C=O) groups excluding carboxylic acids is 1. The molecule has 4 heterocycles. The van der Waals surface area contributed by atoms with Crippen molar-refractivity contribution in [3.63, 3.8) is 0 Å². The second-order valence-electron chi connectivity index (χ2n) is 7.25. The van der Waals surface area contributed by atoms with E-state index in [1.165, 1.54) is 0 Å². The molecule has 2 fully saturated rings. The van der Waals surface area contributed by atoms with Gasteiger partial charge in [0.25, 0.3) is 5.91 Å². The Morgan fingerprint density at radius 2 is 2.15 bits per heavy atom. The number of hydrogen-bond acceptors (Lipinski definition) is 4. The van der Waals surface area contributed by atoms with E-state index in [-0.39, 0.29) is 17.6 Å². The normalized spacial score (nSPS) is 22.0. The topological polar surface area (TPSA) is 56.6 Å². The van der Waals surface area contributed by atoms with E-state index in [9.17, 15) is 4.79 Å². The van der Waals surface area contributed by atoms with Crippen LogP contribution in [0.5, 0.6) is 0 Å². The van der Waals surface area contributed by atoms with Crippen LogP contribution < -0.4 is 0 Å². The lowest BCUT2D eigenvalue weighted by Gasteiger charge is -2.38. The number of pyridine rings is 1. The monoisotopic (exact) mass is 355 g/mol. The van der Waals surface area contributed by atoms with Crippen LogP contribution in [0.4, 0.5) is 0 Å². The van der Waals surface area contributed by atoms with Crippen LogP contribution in [-0.4, -0.2) is 51.8 Å². The van der Waals surface area contributed by atoms with Gasteiger partial charge in [-0.3, -0.25) is 9.78 Å². The van der Waals surface area contributed by atoms with Gasteiger partial charge in [-0.25, -0.2) is 0 Å². The molecule has 1 spiro atoms. The van der Waals surface area contributed by atoms with Crippen LogP contribution in [-0.2, 0) is 23.1 Å². The lowest BCUT2D eigenvalue weighted by Crippen LogP contribution is -2.47. The Morgan fingerprint density at radius 3 is 2.85 bits per heavy atom. The number of rotatable bonds is 4. The zero-order valence-electron chi connectivity index (χ0n) is 15.1. The van der Waals surface area contributed by atoms with Gasteiger partial charge in [-0.05, 0) is 37.1 Å². The molecule has 2 aliphatic heterocycles. The van der Waals surface area contributed by atoms with Gasteiger partial charge in [0, 0.05) is 39.0 Å². The van der Waals surface area contributed by atoms with E-state index in [1.54, 1.807) is 6.20 Å². The molecular weight excluding hydrogens is 330 g/mol. The number of ether oxygens (including phenoxy) is 2. The minimum Gasteiger partial charge on any atom is -0.372 e. The highest BCUT2D eigenvalue weighted by Gasteiger charge is 2.44. The highest BCUT2D eigenvalue weighted by Crippen LogP contribution is 2.37. The van der Waals surface area contributed by atoms with Crippen LogP contribution in [0, 0.1) is 0 Å². The van der Waals surface area contributed by atoms with E-state index < -0.39 is 0 Å². The molecule has 1 atom stereocenters. The van der Waals surface area contributed by atoms with E-state index >= 15 is 0 Å². The van der Waals surface area contributed by atoms with Gasteiger partial charge in [0.05, 0.1) is 30.6 Å². The molecule has 0 unspecified atom stereocenters. The van der Waals surface area contributed by atoms with Gasteiger partial charge in [0.15, 0.2) is 0 Å². The summed E-state index contributed by atoms with van der Waals surface area (Å²) in [4.78, 5) is 18.9. The molecule has 2 aromatic heterocycles. The van der Waals surface area contributed by atoms with Crippen LogP contribution in [0.15, 0.2) is 42.7 Å². The van der Waals surface area contributed by atoms with Crippen molar-refractivity contribution in [1.82, 2.24) is 14.5 Å². The minimum atomic E-state index is -0.139. The van der Waals surface area contributed by atoms with Gasteiger partial charge < -0.3 is 18.9 Å². The van der Waals surface area contributed by atoms with Crippen LogP contribution in [0.1, 0.15) is 35.4 Å². The molecule has 138 valence electrons. The molecule has 26 heavy (non-hydrogen) atoms. The summed E-state index contributed by atoms with van der Waals surface area (Å²) in [5.74, 6) is 0.105. The summed E-state index contributed by atoms with van der Waals surface area (Å²) in [5, 5.41) is 0.